The van der Waals surface area contributed by atoms with Crippen molar-refractivity contribution in [3.8, 4) is 0 Å². The SMILES string of the molecule is Cc1ccccc1NCC(=O)NN=Cc1cccc2[nH]ccc12. The van der Waals surface area contributed by atoms with E-state index in [1.165, 1.54) is 0 Å². The monoisotopic (exact) mass is 306 g/mol. The molecule has 0 fully saturated rings. The summed E-state index contributed by atoms with van der Waals surface area (Å²) in [6.07, 6.45) is 3.54. The van der Waals surface area contributed by atoms with Gasteiger partial charge in [0.15, 0.2) is 0 Å². The predicted molar refractivity (Wildman–Crippen MR) is 93.7 cm³/mol. The Morgan fingerprint density at radius 1 is 1.17 bits per heavy atom. The van der Waals surface area contributed by atoms with E-state index in [4.69, 9.17) is 0 Å². The van der Waals surface area contributed by atoms with Gasteiger partial charge in [0, 0.05) is 28.4 Å². The lowest BCUT2D eigenvalue weighted by Crippen LogP contribution is -2.26. The number of anilines is 1. The number of benzene rings is 2. The third kappa shape index (κ3) is 3.58. The number of carbonyl (C=O) groups excluding carboxylic acids is 1. The van der Waals surface area contributed by atoms with E-state index in [2.05, 4.69) is 20.8 Å². The van der Waals surface area contributed by atoms with E-state index in [0.29, 0.717) is 0 Å². The Kier molecular flexibility index (Phi) is 4.38. The molecule has 1 heterocycles. The number of rotatable bonds is 5. The molecule has 5 nitrogen and oxygen atoms in total. The zero-order valence-corrected chi connectivity index (χ0v) is 12.8. The fourth-order valence-electron chi connectivity index (χ4n) is 2.38. The van der Waals surface area contributed by atoms with Gasteiger partial charge in [-0.15, -0.1) is 0 Å². The van der Waals surface area contributed by atoms with Crippen LogP contribution in [-0.2, 0) is 4.79 Å². The van der Waals surface area contributed by atoms with E-state index < -0.39 is 0 Å². The van der Waals surface area contributed by atoms with Crippen molar-refractivity contribution < 1.29 is 4.79 Å². The number of para-hydroxylation sites is 1. The molecule has 2 aromatic carbocycles. The van der Waals surface area contributed by atoms with Crippen molar-refractivity contribution in [2.45, 2.75) is 6.92 Å². The van der Waals surface area contributed by atoms with Crippen molar-refractivity contribution in [2.75, 3.05) is 11.9 Å². The van der Waals surface area contributed by atoms with Crippen molar-refractivity contribution in [2.24, 2.45) is 5.10 Å². The van der Waals surface area contributed by atoms with Crippen molar-refractivity contribution in [1.82, 2.24) is 10.4 Å². The number of nitrogens with zero attached hydrogens (tertiary/aromatic N) is 1. The summed E-state index contributed by atoms with van der Waals surface area (Å²) in [4.78, 5) is 15.0. The van der Waals surface area contributed by atoms with E-state index in [0.717, 1.165) is 27.7 Å². The quantitative estimate of drug-likeness (QED) is 0.501. The fraction of sp³-hybridized carbons (Fsp3) is 0.111. The normalized spacial score (nSPS) is 11.0. The number of hydrogen-bond donors (Lipinski definition) is 3. The summed E-state index contributed by atoms with van der Waals surface area (Å²) >= 11 is 0. The zero-order valence-electron chi connectivity index (χ0n) is 12.8. The van der Waals surface area contributed by atoms with Crippen LogP contribution in [0.2, 0.25) is 0 Å². The Labute approximate surface area is 134 Å². The number of fused-ring (bicyclic) bond motifs is 1. The minimum atomic E-state index is -0.189. The molecular formula is C18H18N4O. The molecule has 1 amide bonds. The van der Waals surface area contributed by atoms with Crippen molar-refractivity contribution >= 4 is 28.7 Å². The van der Waals surface area contributed by atoms with Gasteiger partial charge in [-0.3, -0.25) is 4.79 Å². The molecule has 0 bridgehead atoms. The van der Waals surface area contributed by atoms with Crippen molar-refractivity contribution in [1.29, 1.82) is 0 Å². The van der Waals surface area contributed by atoms with Crippen molar-refractivity contribution in [3.05, 3.63) is 65.9 Å². The average Bonchev–Trinajstić information content (AvgIpc) is 3.03. The first-order valence-electron chi connectivity index (χ1n) is 7.41. The number of hydrazone groups is 1. The summed E-state index contributed by atoms with van der Waals surface area (Å²) in [6.45, 7) is 2.17. The number of aromatic nitrogens is 1. The van der Waals surface area contributed by atoms with Crippen LogP contribution in [0, 0.1) is 6.92 Å². The van der Waals surface area contributed by atoms with Crippen LogP contribution in [0.4, 0.5) is 5.69 Å². The van der Waals surface area contributed by atoms with Crippen LogP contribution >= 0.6 is 0 Å². The molecule has 5 heteroatoms. The predicted octanol–water partition coefficient (Wildman–Crippen LogP) is 3.04. The average molecular weight is 306 g/mol. The summed E-state index contributed by atoms with van der Waals surface area (Å²) in [5, 5.41) is 8.20. The lowest BCUT2D eigenvalue weighted by molar-refractivity contribution is -0.119. The molecule has 0 radical (unpaired) electrons. The minimum Gasteiger partial charge on any atom is -0.376 e. The number of hydrogen-bond acceptors (Lipinski definition) is 3. The zero-order chi connectivity index (χ0) is 16.1. The van der Waals surface area contributed by atoms with Gasteiger partial charge in [0.2, 0.25) is 0 Å². The second-order valence-corrected chi connectivity index (χ2v) is 5.25. The van der Waals surface area contributed by atoms with E-state index in [1.54, 1.807) is 6.21 Å². The van der Waals surface area contributed by atoms with Gasteiger partial charge < -0.3 is 10.3 Å². The van der Waals surface area contributed by atoms with Gasteiger partial charge in [-0.05, 0) is 30.7 Å². The van der Waals surface area contributed by atoms with Crippen LogP contribution in [0.15, 0.2) is 59.8 Å². The van der Waals surface area contributed by atoms with Crippen LogP contribution < -0.4 is 10.7 Å². The molecule has 0 aliphatic carbocycles. The van der Waals surface area contributed by atoms with Crippen LogP contribution in [0.1, 0.15) is 11.1 Å². The van der Waals surface area contributed by atoms with Crippen molar-refractivity contribution in [3.63, 3.8) is 0 Å². The first-order valence-corrected chi connectivity index (χ1v) is 7.41. The number of aromatic amines is 1. The molecule has 0 atom stereocenters. The lowest BCUT2D eigenvalue weighted by atomic mass is 10.1. The van der Waals surface area contributed by atoms with E-state index in [1.807, 2.05) is 61.7 Å². The maximum atomic E-state index is 11.8. The van der Waals surface area contributed by atoms with Gasteiger partial charge in [0.1, 0.15) is 0 Å². The second kappa shape index (κ2) is 6.79. The van der Waals surface area contributed by atoms with Crippen LogP contribution in [0.25, 0.3) is 10.9 Å². The molecule has 0 saturated carbocycles. The summed E-state index contributed by atoms with van der Waals surface area (Å²) in [7, 11) is 0. The fourth-order valence-corrected chi connectivity index (χ4v) is 2.38. The molecular weight excluding hydrogens is 288 g/mol. The van der Waals surface area contributed by atoms with Gasteiger partial charge >= 0.3 is 0 Å². The maximum absolute atomic E-state index is 11.8. The smallest absolute Gasteiger partial charge is 0.259 e. The maximum Gasteiger partial charge on any atom is 0.259 e. The Hall–Kier alpha value is -3.08. The summed E-state index contributed by atoms with van der Waals surface area (Å²) in [5.74, 6) is -0.189. The first kappa shape index (κ1) is 14.8. The van der Waals surface area contributed by atoms with Gasteiger partial charge in [0.05, 0.1) is 12.8 Å². The van der Waals surface area contributed by atoms with Crippen LogP contribution in [0.5, 0.6) is 0 Å². The van der Waals surface area contributed by atoms with Gasteiger partial charge in [-0.1, -0.05) is 30.3 Å². The Bertz CT molecular complexity index is 851. The minimum absolute atomic E-state index is 0.177. The largest absolute Gasteiger partial charge is 0.376 e. The Morgan fingerprint density at radius 2 is 2.04 bits per heavy atom. The molecule has 3 aromatic rings. The number of carbonyl (C=O) groups is 1. The number of H-pyrrole nitrogens is 1. The highest BCUT2D eigenvalue weighted by Gasteiger charge is 2.02. The Balaban J connectivity index is 1.57. The molecule has 0 aliphatic heterocycles. The molecule has 0 aliphatic rings. The molecule has 3 rings (SSSR count). The standard InChI is InChI=1S/C18H18N4O/c1-13-5-2-3-7-16(13)20-12-18(23)22-21-11-14-6-4-8-17-15(14)9-10-19-17/h2-11,19-20H,12H2,1H3,(H,22,23). The Morgan fingerprint density at radius 3 is 2.91 bits per heavy atom. The number of nitrogens with one attached hydrogen (secondary N) is 3. The second-order valence-electron chi connectivity index (χ2n) is 5.25. The molecule has 0 saturated heterocycles. The van der Waals surface area contributed by atoms with Crippen LogP contribution in [0.3, 0.4) is 0 Å². The van der Waals surface area contributed by atoms with Crippen LogP contribution in [-0.4, -0.2) is 23.7 Å². The van der Waals surface area contributed by atoms with E-state index >= 15 is 0 Å². The van der Waals surface area contributed by atoms with E-state index in [9.17, 15) is 4.79 Å². The third-order valence-corrected chi connectivity index (χ3v) is 3.61. The first-order chi connectivity index (χ1) is 11.2. The molecule has 0 unspecified atom stereocenters. The lowest BCUT2D eigenvalue weighted by Gasteiger charge is -2.07. The van der Waals surface area contributed by atoms with Gasteiger partial charge in [-0.25, -0.2) is 5.43 Å². The summed E-state index contributed by atoms with van der Waals surface area (Å²) in [6, 6.07) is 15.7. The number of aryl methyl sites for hydroxylation is 1. The summed E-state index contributed by atoms with van der Waals surface area (Å²) in [5.41, 5.74) is 6.58. The van der Waals surface area contributed by atoms with Gasteiger partial charge in [0.25, 0.3) is 5.91 Å². The molecule has 23 heavy (non-hydrogen) atoms. The molecule has 0 spiro atoms. The molecule has 3 N–H and O–H groups in total. The molecule has 116 valence electrons. The molecule has 1 aromatic heterocycles. The topological polar surface area (TPSA) is 69.3 Å². The highest BCUT2D eigenvalue weighted by atomic mass is 16.2. The summed E-state index contributed by atoms with van der Waals surface area (Å²) < 4.78 is 0. The highest BCUT2D eigenvalue weighted by molar-refractivity contribution is 5.98. The highest BCUT2D eigenvalue weighted by Crippen LogP contribution is 2.15. The van der Waals surface area contributed by atoms with Gasteiger partial charge in [-0.2, -0.15) is 5.10 Å². The third-order valence-electron chi connectivity index (χ3n) is 3.61. The van der Waals surface area contributed by atoms with E-state index in [-0.39, 0.29) is 12.5 Å². The number of amides is 1.